The van der Waals surface area contributed by atoms with E-state index in [4.69, 9.17) is 0 Å². The van der Waals surface area contributed by atoms with E-state index in [9.17, 15) is 4.79 Å². The molecule has 0 aromatic carbocycles. The minimum Gasteiger partial charge on any atom is -0.300 e. The number of thioether (sulfide) groups is 1. The molecule has 0 spiro atoms. The lowest BCUT2D eigenvalue weighted by molar-refractivity contribution is -0.116. The van der Waals surface area contributed by atoms with Crippen LogP contribution in [0.15, 0.2) is 5.16 Å². The van der Waals surface area contributed by atoms with Crippen molar-refractivity contribution < 1.29 is 4.79 Å². The van der Waals surface area contributed by atoms with Crippen LogP contribution in [0, 0.1) is 0 Å². The van der Waals surface area contributed by atoms with Crippen LogP contribution in [0.25, 0.3) is 0 Å². The molecule has 1 heterocycles. The van der Waals surface area contributed by atoms with Gasteiger partial charge in [0, 0.05) is 11.7 Å². The minimum absolute atomic E-state index is 0.209. The molecule has 1 aromatic rings. The number of tetrazole rings is 1. The predicted octanol–water partition coefficient (Wildman–Crippen LogP) is 1.47. The highest BCUT2D eigenvalue weighted by atomic mass is 32.2. The quantitative estimate of drug-likeness (QED) is 0.711. The van der Waals surface area contributed by atoms with Gasteiger partial charge >= 0.3 is 0 Å². The molecule has 1 atom stereocenters. The molecule has 0 aliphatic heterocycles. The predicted molar refractivity (Wildman–Crippen MR) is 56.7 cm³/mol. The Hall–Kier alpha value is -0.910. The van der Waals surface area contributed by atoms with Crippen molar-refractivity contribution in [1.29, 1.82) is 0 Å². The molecule has 1 aromatic heterocycles. The van der Waals surface area contributed by atoms with Gasteiger partial charge in [-0.05, 0) is 30.2 Å². The van der Waals surface area contributed by atoms with Crippen LogP contribution < -0.4 is 0 Å². The second-order valence-corrected chi connectivity index (χ2v) is 5.38. The third-order valence-electron chi connectivity index (χ3n) is 2.24. The Kier molecular flexibility index (Phi) is 3.04. The number of hydrogen-bond acceptors (Lipinski definition) is 5. The van der Waals surface area contributed by atoms with E-state index in [1.807, 2.05) is 11.6 Å². The number of ketones is 1. The average molecular weight is 226 g/mol. The van der Waals surface area contributed by atoms with Crippen molar-refractivity contribution in [2.45, 2.75) is 49.6 Å². The Morgan fingerprint density at radius 2 is 2.40 bits per heavy atom. The minimum atomic E-state index is 0.209. The summed E-state index contributed by atoms with van der Waals surface area (Å²) < 4.78 is 1.88. The van der Waals surface area contributed by atoms with Crippen molar-refractivity contribution >= 4 is 17.5 Å². The standard InChI is InChI=1S/C9H14N4OS/c1-6(14)5-7(2)15-9-10-11-12-13(9)8-3-4-8/h7-8H,3-5H2,1-2H3. The van der Waals surface area contributed by atoms with Crippen LogP contribution in [0.1, 0.15) is 39.2 Å². The van der Waals surface area contributed by atoms with Crippen molar-refractivity contribution in [2.75, 3.05) is 0 Å². The van der Waals surface area contributed by atoms with Gasteiger partial charge in [0.25, 0.3) is 0 Å². The molecule has 1 aliphatic rings. The first-order valence-electron chi connectivity index (χ1n) is 5.11. The number of carbonyl (C=O) groups excluding carboxylic acids is 1. The van der Waals surface area contributed by atoms with Crippen LogP contribution >= 0.6 is 11.8 Å². The SMILES string of the molecule is CC(=O)CC(C)Sc1nnnn1C1CC1. The fraction of sp³-hybridized carbons (Fsp3) is 0.778. The third-order valence-corrected chi connectivity index (χ3v) is 3.29. The third kappa shape index (κ3) is 2.77. The van der Waals surface area contributed by atoms with Gasteiger partial charge < -0.3 is 0 Å². The van der Waals surface area contributed by atoms with Gasteiger partial charge in [-0.2, -0.15) is 0 Å². The Bertz CT molecular complexity index is 361. The second-order valence-electron chi connectivity index (χ2n) is 3.97. The molecule has 1 saturated carbocycles. The van der Waals surface area contributed by atoms with E-state index in [1.54, 1.807) is 18.7 Å². The zero-order valence-corrected chi connectivity index (χ0v) is 9.70. The smallest absolute Gasteiger partial charge is 0.209 e. The van der Waals surface area contributed by atoms with Crippen molar-refractivity contribution in [3.63, 3.8) is 0 Å². The van der Waals surface area contributed by atoms with Gasteiger partial charge in [0.1, 0.15) is 5.78 Å². The molecule has 82 valence electrons. The molecule has 2 rings (SSSR count). The maximum absolute atomic E-state index is 10.9. The molecular formula is C9H14N4OS. The molecule has 0 radical (unpaired) electrons. The van der Waals surface area contributed by atoms with Crippen LogP contribution in [0.5, 0.6) is 0 Å². The molecule has 6 heteroatoms. The summed E-state index contributed by atoms with van der Waals surface area (Å²) >= 11 is 1.58. The van der Waals surface area contributed by atoms with Crippen LogP contribution in [0.4, 0.5) is 0 Å². The highest BCUT2D eigenvalue weighted by molar-refractivity contribution is 7.99. The van der Waals surface area contributed by atoms with Gasteiger partial charge in [0.2, 0.25) is 5.16 Å². The van der Waals surface area contributed by atoms with Crippen LogP contribution in [0.3, 0.4) is 0 Å². The van der Waals surface area contributed by atoms with E-state index in [-0.39, 0.29) is 11.0 Å². The lowest BCUT2D eigenvalue weighted by atomic mass is 10.2. The number of carbonyl (C=O) groups is 1. The fourth-order valence-electron chi connectivity index (χ4n) is 1.44. The lowest BCUT2D eigenvalue weighted by Crippen LogP contribution is -2.06. The van der Waals surface area contributed by atoms with E-state index < -0.39 is 0 Å². The van der Waals surface area contributed by atoms with Gasteiger partial charge in [-0.25, -0.2) is 4.68 Å². The van der Waals surface area contributed by atoms with E-state index in [1.165, 1.54) is 12.8 Å². The summed E-state index contributed by atoms with van der Waals surface area (Å²) in [4.78, 5) is 10.9. The number of rotatable bonds is 5. The number of aromatic nitrogens is 4. The molecule has 1 unspecified atom stereocenters. The van der Waals surface area contributed by atoms with Crippen LogP contribution in [0.2, 0.25) is 0 Å². The highest BCUT2D eigenvalue weighted by Crippen LogP contribution is 2.37. The molecule has 0 saturated heterocycles. The first kappa shape index (κ1) is 10.6. The highest BCUT2D eigenvalue weighted by Gasteiger charge is 2.28. The van der Waals surface area contributed by atoms with E-state index in [0.29, 0.717) is 12.5 Å². The zero-order valence-electron chi connectivity index (χ0n) is 8.88. The van der Waals surface area contributed by atoms with Gasteiger partial charge in [0.05, 0.1) is 6.04 Å². The Morgan fingerprint density at radius 3 is 3.00 bits per heavy atom. The summed E-state index contributed by atoms with van der Waals surface area (Å²) in [6.45, 7) is 3.64. The summed E-state index contributed by atoms with van der Waals surface area (Å²) in [7, 11) is 0. The van der Waals surface area contributed by atoms with E-state index in [0.717, 1.165) is 5.16 Å². The Balaban J connectivity index is 1.97. The monoisotopic (exact) mass is 226 g/mol. The molecule has 1 aliphatic carbocycles. The van der Waals surface area contributed by atoms with Gasteiger partial charge in [-0.15, -0.1) is 5.10 Å². The summed E-state index contributed by atoms with van der Waals surface area (Å²) in [6.07, 6.45) is 2.90. The van der Waals surface area contributed by atoms with Crippen LogP contribution in [-0.4, -0.2) is 31.2 Å². The maximum Gasteiger partial charge on any atom is 0.209 e. The normalized spacial score (nSPS) is 17.7. The summed E-state index contributed by atoms with van der Waals surface area (Å²) in [5.74, 6) is 0.209. The second kappa shape index (κ2) is 4.30. The molecular weight excluding hydrogens is 212 g/mol. The maximum atomic E-state index is 10.9. The largest absolute Gasteiger partial charge is 0.300 e. The lowest BCUT2D eigenvalue weighted by Gasteiger charge is -2.07. The Labute approximate surface area is 92.6 Å². The summed E-state index contributed by atoms with van der Waals surface area (Å²) in [6, 6.07) is 0.493. The number of hydrogen-bond donors (Lipinski definition) is 0. The molecule has 1 fully saturated rings. The summed E-state index contributed by atoms with van der Waals surface area (Å²) in [5, 5.41) is 12.7. The van der Waals surface area contributed by atoms with Crippen molar-refractivity contribution in [3.05, 3.63) is 0 Å². The van der Waals surface area contributed by atoms with Crippen LogP contribution in [-0.2, 0) is 4.79 Å². The van der Waals surface area contributed by atoms with Gasteiger partial charge in [0.15, 0.2) is 0 Å². The topological polar surface area (TPSA) is 60.7 Å². The number of Topliss-reactive ketones (excluding diaryl/α,β-unsaturated/α-hetero) is 1. The van der Waals surface area contributed by atoms with E-state index in [2.05, 4.69) is 15.5 Å². The van der Waals surface area contributed by atoms with Crippen molar-refractivity contribution in [2.24, 2.45) is 0 Å². The molecule has 0 amide bonds. The summed E-state index contributed by atoms with van der Waals surface area (Å²) in [5.41, 5.74) is 0. The molecule has 0 N–H and O–H groups in total. The Morgan fingerprint density at radius 1 is 1.67 bits per heavy atom. The first-order chi connectivity index (χ1) is 7.16. The first-order valence-corrected chi connectivity index (χ1v) is 5.98. The molecule has 15 heavy (non-hydrogen) atoms. The zero-order chi connectivity index (χ0) is 10.8. The molecule has 5 nitrogen and oxygen atoms in total. The van der Waals surface area contributed by atoms with Gasteiger partial charge in [-0.1, -0.05) is 18.7 Å². The fourth-order valence-corrected chi connectivity index (χ4v) is 2.49. The number of nitrogens with zero attached hydrogens (tertiary/aromatic N) is 4. The van der Waals surface area contributed by atoms with Crippen molar-refractivity contribution in [3.8, 4) is 0 Å². The molecule has 0 bridgehead atoms. The van der Waals surface area contributed by atoms with Gasteiger partial charge in [-0.3, -0.25) is 4.79 Å². The van der Waals surface area contributed by atoms with E-state index >= 15 is 0 Å². The average Bonchev–Trinajstić information content (AvgIpc) is 2.87. The van der Waals surface area contributed by atoms with Crippen molar-refractivity contribution in [1.82, 2.24) is 20.2 Å².